The van der Waals surface area contributed by atoms with Gasteiger partial charge in [0.25, 0.3) is 5.91 Å². The first-order valence-electron chi connectivity index (χ1n) is 8.04. The molecule has 1 aromatic heterocycles. The standard InChI is InChI=1S/C20H17F2N3O/c1-13-4-2-3-5-14(13)12-24-20(26)19-11-16(8-9-23-19)25-15-6-7-17(21)18(22)10-15/h2-11H,12H2,1H3,(H,23,25)(H,24,26). The Morgan fingerprint density at radius 3 is 2.54 bits per heavy atom. The molecule has 0 radical (unpaired) electrons. The quantitative estimate of drug-likeness (QED) is 0.717. The SMILES string of the molecule is Cc1ccccc1CNC(=O)c1cc(Nc2ccc(F)c(F)c2)ccn1. The van der Waals surface area contributed by atoms with Gasteiger partial charge in [0.05, 0.1) is 0 Å². The second kappa shape index (κ2) is 7.74. The molecule has 0 saturated heterocycles. The van der Waals surface area contributed by atoms with Crippen LogP contribution in [0.1, 0.15) is 21.6 Å². The Morgan fingerprint density at radius 2 is 1.77 bits per heavy atom. The predicted molar refractivity (Wildman–Crippen MR) is 96.2 cm³/mol. The fraction of sp³-hybridized carbons (Fsp3) is 0.100. The maximum atomic E-state index is 13.3. The third kappa shape index (κ3) is 4.22. The van der Waals surface area contributed by atoms with Crippen LogP contribution >= 0.6 is 0 Å². The number of nitrogens with zero attached hydrogens (tertiary/aromatic N) is 1. The van der Waals surface area contributed by atoms with Crippen LogP contribution in [-0.2, 0) is 6.54 Å². The summed E-state index contributed by atoms with van der Waals surface area (Å²) in [6.07, 6.45) is 1.48. The number of pyridine rings is 1. The smallest absolute Gasteiger partial charge is 0.270 e. The number of rotatable bonds is 5. The summed E-state index contributed by atoms with van der Waals surface area (Å²) in [5.74, 6) is -2.18. The molecule has 0 spiro atoms. The molecule has 4 nitrogen and oxygen atoms in total. The van der Waals surface area contributed by atoms with Crippen molar-refractivity contribution in [2.24, 2.45) is 0 Å². The largest absolute Gasteiger partial charge is 0.355 e. The van der Waals surface area contributed by atoms with Gasteiger partial charge < -0.3 is 10.6 Å². The monoisotopic (exact) mass is 353 g/mol. The molecule has 1 heterocycles. The van der Waals surface area contributed by atoms with E-state index < -0.39 is 11.6 Å². The normalized spacial score (nSPS) is 10.4. The summed E-state index contributed by atoms with van der Waals surface area (Å²) in [5.41, 5.74) is 3.27. The molecule has 0 fully saturated rings. The van der Waals surface area contributed by atoms with Crippen molar-refractivity contribution in [3.8, 4) is 0 Å². The summed E-state index contributed by atoms with van der Waals surface area (Å²) in [6, 6.07) is 14.5. The molecule has 6 heteroatoms. The lowest BCUT2D eigenvalue weighted by Crippen LogP contribution is -2.24. The van der Waals surface area contributed by atoms with Gasteiger partial charge in [0.15, 0.2) is 11.6 Å². The second-order valence-electron chi connectivity index (χ2n) is 5.79. The number of anilines is 2. The molecule has 0 aliphatic carbocycles. The van der Waals surface area contributed by atoms with Crippen LogP contribution in [0.4, 0.5) is 20.2 Å². The van der Waals surface area contributed by atoms with Crippen molar-refractivity contribution in [2.45, 2.75) is 13.5 Å². The molecule has 132 valence electrons. The average molecular weight is 353 g/mol. The Hall–Kier alpha value is -3.28. The first-order valence-corrected chi connectivity index (χ1v) is 8.04. The van der Waals surface area contributed by atoms with Gasteiger partial charge in [0.1, 0.15) is 5.69 Å². The van der Waals surface area contributed by atoms with Crippen LogP contribution in [0.25, 0.3) is 0 Å². The van der Waals surface area contributed by atoms with E-state index in [1.165, 1.54) is 12.3 Å². The zero-order chi connectivity index (χ0) is 18.5. The summed E-state index contributed by atoms with van der Waals surface area (Å²) in [6.45, 7) is 2.38. The third-order valence-electron chi connectivity index (χ3n) is 3.90. The molecule has 3 aromatic rings. The zero-order valence-electron chi connectivity index (χ0n) is 14.1. The van der Waals surface area contributed by atoms with E-state index in [9.17, 15) is 13.6 Å². The first kappa shape index (κ1) is 17.5. The number of nitrogens with one attached hydrogen (secondary N) is 2. The number of amides is 1. The lowest BCUT2D eigenvalue weighted by molar-refractivity contribution is 0.0946. The highest BCUT2D eigenvalue weighted by molar-refractivity contribution is 5.93. The maximum Gasteiger partial charge on any atom is 0.270 e. The van der Waals surface area contributed by atoms with E-state index in [-0.39, 0.29) is 11.6 Å². The Morgan fingerprint density at radius 1 is 1.00 bits per heavy atom. The lowest BCUT2D eigenvalue weighted by Gasteiger charge is -2.10. The van der Waals surface area contributed by atoms with Gasteiger partial charge in [0, 0.05) is 30.2 Å². The van der Waals surface area contributed by atoms with Crippen molar-refractivity contribution in [2.75, 3.05) is 5.32 Å². The highest BCUT2D eigenvalue weighted by Gasteiger charge is 2.09. The van der Waals surface area contributed by atoms with E-state index in [0.29, 0.717) is 17.9 Å². The first-order chi connectivity index (χ1) is 12.5. The molecule has 26 heavy (non-hydrogen) atoms. The van der Waals surface area contributed by atoms with Crippen molar-refractivity contribution >= 4 is 17.3 Å². The van der Waals surface area contributed by atoms with E-state index in [1.54, 1.807) is 12.1 Å². The summed E-state index contributed by atoms with van der Waals surface area (Å²) in [4.78, 5) is 16.4. The van der Waals surface area contributed by atoms with E-state index in [1.807, 2.05) is 31.2 Å². The van der Waals surface area contributed by atoms with Gasteiger partial charge in [-0.1, -0.05) is 24.3 Å². The number of carbonyl (C=O) groups is 1. The molecule has 0 aliphatic rings. The number of hydrogen-bond acceptors (Lipinski definition) is 3. The Labute approximate surface area is 149 Å². The van der Waals surface area contributed by atoms with Crippen LogP contribution in [0.2, 0.25) is 0 Å². The van der Waals surface area contributed by atoms with Crippen LogP contribution in [0.3, 0.4) is 0 Å². The summed E-state index contributed by atoms with van der Waals surface area (Å²) in [7, 11) is 0. The number of carbonyl (C=O) groups excluding carboxylic acids is 1. The van der Waals surface area contributed by atoms with Crippen molar-refractivity contribution in [1.29, 1.82) is 0 Å². The highest BCUT2D eigenvalue weighted by Crippen LogP contribution is 2.19. The fourth-order valence-corrected chi connectivity index (χ4v) is 2.45. The fourth-order valence-electron chi connectivity index (χ4n) is 2.45. The number of benzene rings is 2. The second-order valence-corrected chi connectivity index (χ2v) is 5.79. The Balaban J connectivity index is 1.69. The summed E-state index contributed by atoms with van der Waals surface area (Å²) in [5, 5.41) is 5.75. The Bertz CT molecular complexity index is 944. The summed E-state index contributed by atoms with van der Waals surface area (Å²) < 4.78 is 26.3. The number of hydrogen-bond donors (Lipinski definition) is 2. The van der Waals surface area contributed by atoms with Crippen LogP contribution < -0.4 is 10.6 Å². The summed E-state index contributed by atoms with van der Waals surface area (Å²) >= 11 is 0. The Kier molecular flexibility index (Phi) is 5.22. The number of aryl methyl sites for hydroxylation is 1. The van der Waals surface area contributed by atoms with Gasteiger partial charge in [-0.15, -0.1) is 0 Å². The van der Waals surface area contributed by atoms with Crippen LogP contribution in [0.15, 0.2) is 60.8 Å². The molecule has 0 aliphatic heterocycles. The van der Waals surface area contributed by atoms with E-state index >= 15 is 0 Å². The molecule has 1 amide bonds. The molecular weight excluding hydrogens is 336 g/mol. The van der Waals surface area contributed by atoms with Crippen molar-refractivity contribution in [1.82, 2.24) is 10.3 Å². The van der Waals surface area contributed by atoms with Crippen LogP contribution in [0, 0.1) is 18.6 Å². The minimum atomic E-state index is -0.944. The minimum Gasteiger partial charge on any atom is -0.355 e. The van der Waals surface area contributed by atoms with Gasteiger partial charge in [-0.2, -0.15) is 0 Å². The molecule has 0 atom stereocenters. The van der Waals surface area contributed by atoms with Gasteiger partial charge in [-0.05, 0) is 42.3 Å². The van der Waals surface area contributed by atoms with Gasteiger partial charge in [-0.25, -0.2) is 8.78 Å². The van der Waals surface area contributed by atoms with E-state index in [4.69, 9.17) is 0 Å². The van der Waals surface area contributed by atoms with E-state index in [0.717, 1.165) is 23.3 Å². The molecule has 2 N–H and O–H groups in total. The topological polar surface area (TPSA) is 54.0 Å². The van der Waals surface area contributed by atoms with Crippen molar-refractivity contribution in [3.05, 3.63) is 89.2 Å². The lowest BCUT2D eigenvalue weighted by atomic mass is 10.1. The maximum absolute atomic E-state index is 13.3. The predicted octanol–water partition coefficient (Wildman–Crippen LogP) is 4.34. The molecule has 0 unspecified atom stereocenters. The molecule has 0 saturated carbocycles. The highest BCUT2D eigenvalue weighted by atomic mass is 19.2. The third-order valence-corrected chi connectivity index (χ3v) is 3.90. The zero-order valence-corrected chi connectivity index (χ0v) is 14.1. The van der Waals surface area contributed by atoms with Crippen LogP contribution in [-0.4, -0.2) is 10.9 Å². The van der Waals surface area contributed by atoms with Gasteiger partial charge in [-0.3, -0.25) is 9.78 Å². The number of aromatic nitrogens is 1. The average Bonchev–Trinajstić information content (AvgIpc) is 2.64. The molecule has 0 bridgehead atoms. The minimum absolute atomic E-state index is 0.228. The number of halogens is 2. The molecule has 2 aromatic carbocycles. The molecular formula is C20H17F2N3O. The van der Waals surface area contributed by atoms with Crippen LogP contribution in [0.5, 0.6) is 0 Å². The van der Waals surface area contributed by atoms with E-state index in [2.05, 4.69) is 15.6 Å². The van der Waals surface area contributed by atoms with Gasteiger partial charge >= 0.3 is 0 Å². The van der Waals surface area contributed by atoms with Gasteiger partial charge in [0.2, 0.25) is 0 Å². The van der Waals surface area contributed by atoms with Crippen molar-refractivity contribution in [3.63, 3.8) is 0 Å². The molecule has 3 rings (SSSR count). The van der Waals surface area contributed by atoms with Crippen molar-refractivity contribution < 1.29 is 13.6 Å².